The largest absolute Gasteiger partial charge is 0.497 e. The Hall–Kier alpha value is -0.770. The van der Waals surface area contributed by atoms with Crippen molar-refractivity contribution >= 4 is 12.4 Å². The molecule has 0 aliphatic heterocycles. The Kier molecular flexibility index (Phi) is 3.13. The number of aliphatic hydroxyl groups is 1. The van der Waals surface area contributed by atoms with Crippen LogP contribution in [0.2, 0.25) is 0 Å². The first-order chi connectivity index (χ1) is 13.3. The summed E-state index contributed by atoms with van der Waals surface area (Å²) in [5, 5.41) is 11.7. The van der Waals surface area contributed by atoms with Gasteiger partial charge in [-0.3, -0.25) is 0 Å². The summed E-state index contributed by atoms with van der Waals surface area (Å²) in [6.45, 7) is -0.156. The predicted molar refractivity (Wildman–Crippen MR) is 89.6 cm³/mol. The molecular weight excluding hydrogens is 286 g/mol. The van der Waals surface area contributed by atoms with Crippen molar-refractivity contribution in [3.8, 4) is 5.75 Å². The molecule has 21 heavy (non-hydrogen) atoms. The molecule has 1 aromatic rings. The van der Waals surface area contributed by atoms with Crippen LogP contribution in [-0.4, -0.2) is 43.4 Å². The quantitative estimate of drug-likeness (QED) is 0.900. The third-order valence-corrected chi connectivity index (χ3v) is 3.20. The van der Waals surface area contributed by atoms with Crippen LogP contribution >= 0.6 is 12.4 Å². The highest BCUT2D eigenvalue weighted by Gasteiger charge is 2.38. The standard InChI is InChI=1S/C17H27NO2.ClH/c1-18(2)13-16(17(19)11-5-4-6-12-17)14-7-9-15(20-3)10-8-14;/h7-10,16,19H,4-6,11-13H2,1-3H3;1H/i4D2,5D2,6D2,11D2,12D2;. The van der Waals surface area contributed by atoms with Crippen LogP contribution in [0.15, 0.2) is 24.3 Å². The van der Waals surface area contributed by atoms with Crippen LogP contribution in [0.25, 0.3) is 0 Å². The van der Waals surface area contributed by atoms with Gasteiger partial charge in [-0.2, -0.15) is 0 Å². The average molecular weight is 324 g/mol. The van der Waals surface area contributed by atoms with Crippen molar-refractivity contribution in [3.63, 3.8) is 0 Å². The van der Waals surface area contributed by atoms with Gasteiger partial charge in [-0.1, -0.05) is 31.3 Å². The second-order valence-corrected chi connectivity index (χ2v) is 4.98. The zero-order valence-electron chi connectivity index (χ0n) is 22.3. The van der Waals surface area contributed by atoms with Crippen molar-refractivity contribution < 1.29 is 23.6 Å². The van der Waals surface area contributed by atoms with Crippen LogP contribution < -0.4 is 4.74 Å². The normalized spacial score (nSPS) is 38.0. The number of halogens is 1. The Labute approximate surface area is 148 Å². The van der Waals surface area contributed by atoms with E-state index in [2.05, 4.69) is 0 Å². The van der Waals surface area contributed by atoms with E-state index in [-0.39, 0.29) is 24.5 Å². The lowest BCUT2D eigenvalue weighted by atomic mass is 9.72. The van der Waals surface area contributed by atoms with E-state index in [1.165, 1.54) is 36.3 Å². The van der Waals surface area contributed by atoms with Gasteiger partial charge in [0.2, 0.25) is 0 Å². The molecular formula is C17H28ClNO2. The van der Waals surface area contributed by atoms with E-state index in [0.717, 1.165) is 0 Å². The number of likely N-dealkylation sites (N-methyl/N-ethyl adjacent to an activating group) is 1. The summed E-state index contributed by atoms with van der Waals surface area (Å²) in [6, 6.07) is 5.95. The van der Waals surface area contributed by atoms with Gasteiger partial charge < -0.3 is 14.7 Å². The number of hydrogen-bond donors (Lipinski definition) is 1. The predicted octanol–water partition coefficient (Wildman–Crippen LogP) is 3.46. The molecule has 2 rings (SSSR count). The third kappa shape index (κ3) is 4.60. The van der Waals surface area contributed by atoms with Gasteiger partial charge in [0.05, 0.1) is 12.7 Å². The molecule has 1 aromatic carbocycles. The van der Waals surface area contributed by atoms with E-state index < -0.39 is 43.4 Å². The maximum Gasteiger partial charge on any atom is 0.118 e. The monoisotopic (exact) mass is 323 g/mol. The molecule has 3 nitrogen and oxygen atoms in total. The minimum Gasteiger partial charge on any atom is -0.497 e. The highest BCUT2D eigenvalue weighted by atomic mass is 35.5. The number of methoxy groups -OCH3 is 1. The molecule has 0 radical (unpaired) electrons. The second kappa shape index (κ2) is 8.02. The van der Waals surface area contributed by atoms with Gasteiger partial charge in [-0.15, -0.1) is 12.4 Å². The lowest BCUT2D eigenvalue weighted by molar-refractivity contribution is -0.0277. The van der Waals surface area contributed by atoms with E-state index in [4.69, 9.17) is 18.4 Å². The Morgan fingerprint density at radius 3 is 2.29 bits per heavy atom. The van der Waals surface area contributed by atoms with E-state index in [9.17, 15) is 5.11 Å². The molecule has 0 aromatic heterocycles. The average Bonchev–Trinajstić information content (AvgIpc) is 2.63. The van der Waals surface area contributed by atoms with Crippen molar-refractivity contribution in [3.05, 3.63) is 29.8 Å². The molecule has 4 heteroatoms. The van der Waals surface area contributed by atoms with E-state index in [1.54, 1.807) is 14.1 Å². The van der Waals surface area contributed by atoms with Gasteiger partial charge in [0.1, 0.15) is 5.75 Å². The molecule has 0 spiro atoms. The van der Waals surface area contributed by atoms with Gasteiger partial charge in [0, 0.05) is 26.2 Å². The molecule has 0 saturated heterocycles. The molecule has 1 N–H and O–H groups in total. The molecule has 1 aliphatic carbocycles. The zero-order chi connectivity index (χ0) is 23.6. The first-order valence-corrected chi connectivity index (χ1v) is 6.35. The number of hydrogen-bond acceptors (Lipinski definition) is 3. The van der Waals surface area contributed by atoms with Crippen molar-refractivity contribution in [2.24, 2.45) is 0 Å². The lowest BCUT2D eigenvalue weighted by Gasteiger charge is -2.40. The van der Waals surface area contributed by atoms with Gasteiger partial charge in [0.25, 0.3) is 0 Å². The topological polar surface area (TPSA) is 32.7 Å². The summed E-state index contributed by atoms with van der Waals surface area (Å²) in [5.74, 6) is -0.990. The highest BCUT2D eigenvalue weighted by molar-refractivity contribution is 5.85. The molecule has 0 bridgehead atoms. The number of nitrogens with zero attached hydrogens (tertiary/aromatic N) is 1. The molecule has 1 fully saturated rings. The van der Waals surface area contributed by atoms with Gasteiger partial charge in [0.15, 0.2) is 0 Å². The van der Waals surface area contributed by atoms with Crippen LogP contribution in [0.4, 0.5) is 0 Å². The first kappa shape index (κ1) is 8.19. The van der Waals surface area contributed by atoms with Gasteiger partial charge in [-0.25, -0.2) is 0 Å². The van der Waals surface area contributed by atoms with Crippen LogP contribution in [-0.2, 0) is 0 Å². The summed E-state index contributed by atoms with van der Waals surface area (Å²) in [6.07, 6.45) is -17.7. The molecule has 0 amide bonds. The van der Waals surface area contributed by atoms with Crippen LogP contribution in [0.5, 0.6) is 5.75 Å². The van der Waals surface area contributed by atoms with Gasteiger partial charge >= 0.3 is 0 Å². The summed E-state index contributed by atoms with van der Waals surface area (Å²) in [5.41, 5.74) is -3.04. The van der Waals surface area contributed by atoms with Crippen molar-refractivity contribution in [1.29, 1.82) is 0 Å². The molecule has 0 heterocycles. The van der Waals surface area contributed by atoms with E-state index >= 15 is 0 Å². The fraction of sp³-hybridized carbons (Fsp3) is 0.647. The SMILES string of the molecule is Cl.[2H]C1([2H])C([2H])([2H])C([2H])([2H])C(O)(C(CN(C)C)c2ccc(OC)cc2)C([2H])([2H])C1([2H])[2H]. The first-order valence-electron chi connectivity index (χ1n) is 11.4. The molecule has 1 aliphatic rings. The Balaban J connectivity index is 0.00000480. The van der Waals surface area contributed by atoms with E-state index in [0.29, 0.717) is 5.75 Å². The van der Waals surface area contributed by atoms with E-state index in [1.807, 2.05) is 0 Å². The summed E-state index contributed by atoms with van der Waals surface area (Å²) in [4.78, 5) is 1.54. The van der Waals surface area contributed by atoms with Crippen molar-refractivity contribution in [2.45, 2.75) is 43.4 Å². The zero-order valence-corrected chi connectivity index (χ0v) is 13.1. The minimum absolute atomic E-state index is 0. The lowest BCUT2D eigenvalue weighted by Crippen LogP contribution is -2.42. The smallest absolute Gasteiger partial charge is 0.118 e. The second-order valence-electron chi connectivity index (χ2n) is 4.98. The summed E-state index contributed by atoms with van der Waals surface area (Å²) >= 11 is 0. The Morgan fingerprint density at radius 2 is 1.81 bits per heavy atom. The number of benzene rings is 1. The molecule has 120 valence electrons. The number of rotatable bonds is 5. The fourth-order valence-corrected chi connectivity index (χ4v) is 2.17. The third-order valence-electron chi connectivity index (χ3n) is 3.20. The maximum absolute atomic E-state index is 11.7. The van der Waals surface area contributed by atoms with Crippen molar-refractivity contribution in [2.75, 3.05) is 27.7 Å². The van der Waals surface area contributed by atoms with Crippen LogP contribution in [0.3, 0.4) is 0 Å². The van der Waals surface area contributed by atoms with Gasteiger partial charge in [-0.05, 0) is 44.5 Å². The highest BCUT2D eigenvalue weighted by Crippen LogP contribution is 2.40. The molecule has 1 atom stereocenters. The minimum atomic E-state index is -3.57. The Bertz CT molecular complexity index is 756. The number of ether oxygens (including phenoxy) is 1. The Morgan fingerprint density at radius 1 is 1.24 bits per heavy atom. The van der Waals surface area contributed by atoms with Crippen molar-refractivity contribution in [1.82, 2.24) is 4.90 Å². The molecule has 1 unspecified atom stereocenters. The van der Waals surface area contributed by atoms with Crippen LogP contribution in [0, 0.1) is 0 Å². The van der Waals surface area contributed by atoms with Crippen LogP contribution in [0.1, 0.15) is 57.1 Å². The summed E-state index contributed by atoms with van der Waals surface area (Å²) < 4.78 is 87.3. The fourth-order valence-electron chi connectivity index (χ4n) is 2.17. The molecule has 1 saturated carbocycles. The summed E-state index contributed by atoms with van der Waals surface area (Å²) in [7, 11) is 4.62. The maximum atomic E-state index is 11.7.